The number of H-pyrrole nitrogens is 1. The molecule has 2 aromatic rings. The first-order valence-electron chi connectivity index (χ1n) is 7.88. The fraction of sp³-hybridized carbons (Fsp3) is 0.529. The van der Waals surface area contributed by atoms with Crippen molar-refractivity contribution < 1.29 is 0 Å². The molecule has 1 aromatic heterocycles. The molecule has 1 unspecified atom stereocenters. The Kier molecular flexibility index (Phi) is 2.97. The molecule has 0 spiro atoms. The van der Waals surface area contributed by atoms with E-state index in [2.05, 4.69) is 46.3 Å². The van der Waals surface area contributed by atoms with Crippen LogP contribution < -0.4 is 0 Å². The summed E-state index contributed by atoms with van der Waals surface area (Å²) in [6.07, 6.45) is 2.87. The number of nitrogens with one attached hydrogen (secondary N) is 1. The van der Waals surface area contributed by atoms with Gasteiger partial charge in [-0.15, -0.1) is 0 Å². The summed E-state index contributed by atoms with van der Waals surface area (Å²) in [5, 5.41) is 18.1. The van der Waals surface area contributed by atoms with Crippen LogP contribution in [0.3, 0.4) is 0 Å². The molecule has 1 saturated heterocycles. The molecule has 2 aliphatic rings. The summed E-state index contributed by atoms with van der Waals surface area (Å²) < 4.78 is 0. The van der Waals surface area contributed by atoms with Crippen molar-refractivity contribution in [2.24, 2.45) is 5.92 Å². The minimum atomic E-state index is 0.500. The van der Waals surface area contributed by atoms with Gasteiger partial charge in [0.15, 0.2) is 0 Å². The monoisotopic (exact) mass is 280 g/mol. The molecule has 2 heterocycles. The predicted molar refractivity (Wildman–Crippen MR) is 81.9 cm³/mol. The molecule has 0 bridgehead atoms. The zero-order chi connectivity index (χ0) is 14.4. The van der Waals surface area contributed by atoms with Gasteiger partial charge in [-0.1, -0.05) is 19.1 Å². The molecule has 0 radical (unpaired) electrons. The number of nitrogens with zero attached hydrogens (tertiary/aromatic N) is 3. The molecule has 0 saturated carbocycles. The van der Waals surface area contributed by atoms with Crippen molar-refractivity contribution in [2.75, 3.05) is 13.1 Å². The number of piperidine rings is 1. The zero-order valence-electron chi connectivity index (χ0n) is 12.3. The van der Waals surface area contributed by atoms with Crippen LogP contribution in [0.2, 0.25) is 0 Å². The second-order valence-electron chi connectivity index (χ2n) is 6.37. The molecule has 1 aliphatic heterocycles. The van der Waals surface area contributed by atoms with E-state index < -0.39 is 0 Å². The molecule has 4 rings (SSSR count). The summed E-state index contributed by atoms with van der Waals surface area (Å²) in [4.78, 5) is 2.57. The second kappa shape index (κ2) is 4.85. The maximum atomic E-state index is 9.07. The minimum absolute atomic E-state index is 0.500. The molecule has 4 nitrogen and oxygen atoms in total. The summed E-state index contributed by atoms with van der Waals surface area (Å²) in [6, 6.07) is 9.40. The lowest BCUT2D eigenvalue weighted by atomic mass is 9.72. The number of likely N-dealkylation sites (tertiary alicyclic amines) is 1. The van der Waals surface area contributed by atoms with Crippen molar-refractivity contribution >= 4 is 10.9 Å². The third kappa shape index (κ3) is 1.88. The van der Waals surface area contributed by atoms with Crippen molar-refractivity contribution in [3.8, 4) is 6.07 Å². The van der Waals surface area contributed by atoms with Crippen LogP contribution in [-0.4, -0.2) is 34.2 Å². The summed E-state index contributed by atoms with van der Waals surface area (Å²) in [5.41, 5.74) is 3.82. The third-order valence-corrected chi connectivity index (χ3v) is 5.30. The highest BCUT2D eigenvalue weighted by atomic mass is 15.2. The Bertz CT molecular complexity index is 711. The number of nitriles is 1. The number of aromatic amines is 1. The molecule has 108 valence electrons. The first kappa shape index (κ1) is 12.8. The van der Waals surface area contributed by atoms with Gasteiger partial charge in [-0.2, -0.15) is 10.4 Å². The van der Waals surface area contributed by atoms with Gasteiger partial charge in [0.1, 0.15) is 0 Å². The van der Waals surface area contributed by atoms with E-state index in [0.29, 0.717) is 24.3 Å². The first-order valence-corrected chi connectivity index (χ1v) is 7.88. The van der Waals surface area contributed by atoms with Gasteiger partial charge in [-0.25, -0.2) is 0 Å². The minimum Gasteiger partial charge on any atom is -0.299 e. The molecule has 1 aliphatic carbocycles. The molecule has 4 heteroatoms. The van der Waals surface area contributed by atoms with Crippen molar-refractivity contribution in [1.29, 1.82) is 5.26 Å². The Morgan fingerprint density at radius 3 is 3.19 bits per heavy atom. The Morgan fingerprint density at radius 2 is 2.38 bits per heavy atom. The van der Waals surface area contributed by atoms with E-state index in [1.165, 1.54) is 16.6 Å². The van der Waals surface area contributed by atoms with Gasteiger partial charge in [-0.3, -0.25) is 10.00 Å². The van der Waals surface area contributed by atoms with Crippen molar-refractivity contribution in [3.63, 3.8) is 0 Å². The summed E-state index contributed by atoms with van der Waals surface area (Å²) in [7, 11) is 0. The van der Waals surface area contributed by atoms with Crippen LogP contribution in [0.1, 0.15) is 36.9 Å². The SMILES string of the molecule is CCN1CC(CC#N)C[C@H]2c3cccc4n[nH]c(c34)C[C@@H]21. The smallest absolute Gasteiger partial charge is 0.0926 e. The molecule has 21 heavy (non-hydrogen) atoms. The van der Waals surface area contributed by atoms with Gasteiger partial charge >= 0.3 is 0 Å². The normalized spacial score (nSPS) is 28.3. The van der Waals surface area contributed by atoms with Crippen LogP contribution in [0, 0.1) is 17.2 Å². The number of hydrogen-bond acceptors (Lipinski definition) is 3. The quantitative estimate of drug-likeness (QED) is 0.920. The topological polar surface area (TPSA) is 55.7 Å². The number of benzene rings is 1. The highest BCUT2D eigenvalue weighted by Crippen LogP contribution is 2.44. The van der Waals surface area contributed by atoms with Gasteiger partial charge in [0.25, 0.3) is 0 Å². The van der Waals surface area contributed by atoms with E-state index in [-0.39, 0.29) is 0 Å². The Morgan fingerprint density at radius 1 is 1.48 bits per heavy atom. The van der Waals surface area contributed by atoms with Gasteiger partial charge in [0.05, 0.1) is 11.6 Å². The summed E-state index contributed by atoms with van der Waals surface area (Å²) in [5.74, 6) is 1.05. The molecule has 3 atom stereocenters. The standard InChI is InChI=1S/C17H20N4/c1-2-21-10-11(6-7-18)8-13-12-4-3-5-14-17(12)15(20-19-14)9-16(13)21/h3-5,11,13,16H,2,6,8-10H2,1H3,(H,19,20)/t11?,13-,16-/m0/s1. The molecular formula is C17H20N4. The van der Waals surface area contributed by atoms with E-state index in [4.69, 9.17) is 5.26 Å². The van der Waals surface area contributed by atoms with Gasteiger partial charge in [0.2, 0.25) is 0 Å². The molecular weight excluding hydrogens is 260 g/mol. The van der Waals surface area contributed by atoms with Crippen LogP contribution in [0.5, 0.6) is 0 Å². The van der Waals surface area contributed by atoms with Gasteiger partial charge < -0.3 is 0 Å². The van der Waals surface area contributed by atoms with Gasteiger partial charge in [0, 0.05) is 42.4 Å². The number of aromatic nitrogens is 2. The third-order valence-electron chi connectivity index (χ3n) is 5.30. The lowest BCUT2D eigenvalue weighted by molar-refractivity contribution is 0.0910. The maximum absolute atomic E-state index is 9.07. The van der Waals surface area contributed by atoms with Crippen molar-refractivity contribution in [2.45, 2.75) is 38.1 Å². The Hall–Kier alpha value is -1.86. The van der Waals surface area contributed by atoms with E-state index in [1.807, 2.05) is 0 Å². The average Bonchev–Trinajstić information content (AvgIpc) is 2.92. The van der Waals surface area contributed by atoms with E-state index >= 15 is 0 Å². The van der Waals surface area contributed by atoms with Crippen LogP contribution in [-0.2, 0) is 6.42 Å². The molecule has 0 amide bonds. The largest absolute Gasteiger partial charge is 0.299 e. The first-order chi connectivity index (χ1) is 10.3. The molecule has 1 aromatic carbocycles. The summed E-state index contributed by atoms with van der Waals surface area (Å²) >= 11 is 0. The second-order valence-corrected chi connectivity index (χ2v) is 6.37. The van der Waals surface area contributed by atoms with E-state index in [1.54, 1.807) is 0 Å². The summed E-state index contributed by atoms with van der Waals surface area (Å²) in [6.45, 7) is 4.35. The van der Waals surface area contributed by atoms with Crippen molar-refractivity contribution in [3.05, 3.63) is 29.5 Å². The fourth-order valence-electron chi connectivity index (χ4n) is 4.39. The number of fused-ring (bicyclic) bond motifs is 2. The Balaban J connectivity index is 1.80. The molecule has 1 fully saturated rings. The predicted octanol–water partition coefficient (Wildman–Crippen LogP) is 2.83. The fourth-order valence-corrected chi connectivity index (χ4v) is 4.39. The highest BCUT2D eigenvalue weighted by Gasteiger charge is 2.40. The lowest BCUT2D eigenvalue weighted by Crippen LogP contribution is -2.49. The number of rotatable bonds is 2. The maximum Gasteiger partial charge on any atom is 0.0926 e. The average molecular weight is 280 g/mol. The van der Waals surface area contributed by atoms with Crippen LogP contribution in [0.25, 0.3) is 10.9 Å². The Labute approximate surface area is 124 Å². The highest BCUT2D eigenvalue weighted by molar-refractivity contribution is 5.86. The van der Waals surface area contributed by atoms with Crippen LogP contribution >= 0.6 is 0 Å². The van der Waals surface area contributed by atoms with Crippen LogP contribution in [0.15, 0.2) is 18.2 Å². The zero-order valence-corrected chi connectivity index (χ0v) is 12.3. The number of likely N-dealkylation sites (N-methyl/N-ethyl adjacent to an activating group) is 1. The number of hydrogen-bond donors (Lipinski definition) is 1. The molecule has 1 N–H and O–H groups in total. The van der Waals surface area contributed by atoms with Crippen LogP contribution in [0.4, 0.5) is 0 Å². The van der Waals surface area contributed by atoms with E-state index in [9.17, 15) is 0 Å². The van der Waals surface area contributed by atoms with Crippen molar-refractivity contribution in [1.82, 2.24) is 15.1 Å². The van der Waals surface area contributed by atoms with Gasteiger partial charge in [-0.05, 0) is 30.5 Å². The lowest BCUT2D eigenvalue weighted by Gasteiger charge is -2.46. The van der Waals surface area contributed by atoms with E-state index in [0.717, 1.165) is 31.4 Å².